The van der Waals surface area contributed by atoms with E-state index in [0.717, 1.165) is 4.90 Å². The van der Waals surface area contributed by atoms with Crippen LogP contribution in [0, 0.1) is 11.8 Å². The summed E-state index contributed by atoms with van der Waals surface area (Å²) in [6.07, 6.45) is 6.79. The first kappa shape index (κ1) is 15.5. The van der Waals surface area contributed by atoms with Crippen LogP contribution in [0.25, 0.3) is 5.65 Å². The molecule has 2 atom stereocenters. The lowest BCUT2D eigenvalue weighted by atomic mass is 9.85. The van der Waals surface area contributed by atoms with Crippen molar-refractivity contribution >= 4 is 23.4 Å². The molecule has 3 amide bonds. The second kappa shape index (κ2) is 6.12. The van der Waals surface area contributed by atoms with Crippen molar-refractivity contribution < 1.29 is 14.4 Å². The van der Waals surface area contributed by atoms with E-state index in [9.17, 15) is 14.4 Å². The van der Waals surface area contributed by atoms with E-state index in [1.807, 2.05) is 36.5 Å². The summed E-state index contributed by atoms with van der Waals surface area (Å²) in [5.41, 5.74) is 0.688. The molecule has 8 heteroatoms. The van der Waals surface area contributed by atoms with Crippen LogP contribution in [-0.4, -0.2) is 43.8 Å². The number of rotatable bonds is 4. The fourth-order valence-corrected chi connectivity index (χ4v) is 3.41. The maximum Gasteiger partial charge on any atom is 0.240 e. The van der Waals surface area contributed by atoms with E-state index in [1.54, 1.807) is 4.40 Å². The Morgan fingerprint density at radius 2 is 1.84 bits per heavy atom. The van der Waals surface area contributed by atoms with Crippen molar-refractivity contribution in [2.24, 2.45) is 11.8 Å². The number of allylic oxidation sites excluding steroid dienone is 2. The fourth-order valence-electron chi connectivity index (χ4n) is 3.41. The van der Waals surface area contributed by atoms with Crippen LogP contribution in [-0.2, 0) is 20.9 Å². The molecule has 1 saturated heterocycles. The smallest absolute Gasteiger partial charge is 0.240 e. The molecule has 1 aliphatic heterocycles. The monoisotopic (exact) mass is 339 g/mol. The molecule has 1 N–H and O–H groups in total. The Morgan fingerprint density at radius 3 is 2.56 bits per heavy atom. The van der Waals surface area contributed by atoms with Crippen LogP contribution in [0.2, 0.25) is 0 Å². The van der Waals surface area contributed by atoms with Crippen LogP contribution in [0.5, 0.6) is 0 Å². The number of aromatic nitrogens is 3. The second-order valence-electron chi connectivity index (χ2n) is 6.24. The number of pyridine rings is 1. The average Bonchev–Trinajstić information content (AvgIpc) is 3.15. The highest BCUT2D eigenvalue weighted by atomic mass is 16.2. The Bertz CT molecular complexity index is 861. The first-order chi connectivity index (χ1) is 12.1. The molecule has 2 aromatic rings. The summed E-state index contributed by atoms with van der Waals surface area (Å²) in [6.45, 7) is -0.0734. The number of carbonyl (C=O) groups is 3. The molecule has 0 radical (unpaired) electrons. The second-order valence-corrected chi connectivity index (χ2v) is 6.24. The van der Waals surface area contributed by atoms with Crippen LogP contribution in [0.1, 0.15) is 18.7 Å². The number of hydrogen-bond donors (Lipinski definition) is 1. The minimum absolute atomic E-state index is 0.175. The minimum Gasteiger partial charge on any atom is -0.347 e. The van der Waals surface area contributed by atoms with Gasteiger partial charge in [-0.1, -0.05) is 18.2 Å². The molecule has 0 saturated carbocycles. The highest BCUT2D eigenvalue weighted by molar-refractivity contribution is 6.07. The molecule has 1 fully saturated rings. The van der Waals surface area contributed by atoms with Gasteiger partial charge in [0.05, 0.1) is 18.4 Å². The molecule has 0 aromatic carbocycles. The molecule has 4 rings (SSSR count). The third-order valence-electron chi connectivity index (χ3n) is 4.73. The van der Waals surface area contributed by atoms with Gasteiger partial charge in [0.2, 0.25) is 17.7 Å². The van der Waals surface area contributed by atoms with Crippen LogP contribution in [0.4, 0.5) is 0 Å². The number of nitrogens with one attached hydrogen (secondary N) is 1. The maximum absolute atomic E-state index is 12.4. The molecule has 3 heterocycles. The zero-order valence-corrected chi connectivity index (χ0v) is 13.5. The zero-order valence-electron chi connectivity index (χ0n) is 13.5. The van der Waals surface area contributed by atoms with Crippen molar-refractivity contribution in [3.8, 4) is 0 Å². The molecule has 0 bridgehead atoms. The molecule has 0 spiro atoms. The third kappa shape index (κ3) is 2.69. The van der Waals surface area contributed by atoms with Gasteiger partial charge < -0.3 is 5.32 Å². The van der Waals surface area contributed by atoms with Crippen molar-refractivity contribution in [2.75, 3.05) is 6.54 Å². The lowest BCUT2D eigenvalue weighted by molar-refractivity contribution is -0.143. The Balaban J connectivity index is 1.39. The predicted molar refractivity (Wildman–Crippen MR) is 86.9 cm³/mol. The van der Waals surface area contributed by atoms with Gasteiger partial charge in [-0.25, -0.2) is 0 Å². The van der Waals surface area contributed by atoms with Gasteiger partial charge in [0, 0.05) is 6.20 Å². The number of fused-ring (bicyclic) bond motifs is 2. The van der Waals surface area contributed by atoms with Crippen molar-refractivity contribution in [1.82, 2.24) is 24.8 Å². The van der Waals surface area contributed by atoms with Crippen molar-refractivity contribution in [3.63, 3.8) is 0 Å². The Morgan fingerprint density at radius 1 is 1.12 bits per heavy atom. The standard InChI is InChI=1S/C17H17N5O3/c23-15(18-9-14-20-19-13-7-3-4-8-21(13)14)10-22-16(24)11-5-1-2-6-12(11)17(22)25/h1-4,7-8,11-12H,5-6,9-10H2,(H,18,23)/t11-,12-/m1/s1. The summed E-state index contributed by atoms with van der Waals surface area (Å²) in [4.78, 5) is 38.0. The van der Waals surface area contributed by atoms with Crippen LogP contribution >= 0.6 is 0 Å². The summed E-state index contributed by atoms with van der Waals surface area (Å²) in [6, 6.07) is 5.51. The number of imide groups is 1. The van der Waals surface area contributed by atoms with E-state index in [0.29, 0.717) is 24.3 Å². The van der Waals surface area contributed by atoms with Gasteiger partial charge in [-0.3, -0.25) is 23.7 Å². The number of hydrogen-bond acceptors (Lipinski definition) is 5. The molecule has 0 unspecified atom stereocenters. The summed E-state index contributed by atoms with van der Waals surface area (Å²) < 4.78 is 1.77. The fraction of sp³-hybridized carbons (Fsp3) is 0.353. The number of amides is 3. The highest BCUT2D eigenvalue weighted by Crippen LogP contribution is 2.34. The minimum atomic E-state index is -0.388. The van der Waals surface area contributed by atoms with Gasteiger partial charge in [-0.15, -0.1) is 10.2 Å². The molecule has 2 aliphatic rings. The van der Waals surface area contributed by atoms with E-state index in [1.165, 1.54) is 0 Å². The summed E-state index contributed by atoms with van der Waals surface area (Å²) in [5.74, 6) is -0.928. The average molecular weight is 339 g/mol. The van der Waals surface area contributed by atoms with Crippen molar-refractivity contribution in [3.05, 3.63) is 42.4 Å². The molecule has 25 heavy (non-hydrogen) atoms. The highest BCUT2D eigenvalue weighted by Gasteiger charge is 2.47. The molecular weight excluding hydrogens is 322 g/mol. The number of nitrogens with zero attached hydrogens (tertiary/aromatic N) is 4. The first-order valence-corrected chi connectivity index (χ1v) is 8.20. The van der Waals surface area contributed by atoms with Crippen molar-refractivity contribution in [1.29, 1.82) is 0 Å². The molecular formula is C17H17N5O3. The molecule has 8 nitrogen and oxygen atoms in total. The van der Waals surface area contributed by atoms with E-state index in [-0.39, 0.29) is 42.6 Å². The normalized spacial score (nSPS) is 22.5. The largest absolute Gasteiger partial charge is 0.347 e. The van der Waals surface area contributed by atoms with E-state index >= 15 is 0 Å². The lowest BCUT2D eigenvalue weighted by Gasteiger charge is -2.14. The Labute approximate surface area is 143 Å². The van der Waals surface area contributed by atoms with Gasteiger partial charge in [0.25, 0.3) is 0 Å². The summed E-state index contributed by atoms with van der Waals surface area (Å²) >= 11 is 0. The maximum atomic E-state index is 12.4. The first-order valence-electron chi connectivity index (χ1n) is 8.20. The van der Waals surface area contributed by atoms with E-state index in [2.05, 4.69) is 15.5 Å². The summed E-state index contributed by atoms with van der Waals surface area (Å²) in [5, 5.41) is 10.7. The SMILES string of the molecule is O=C(CN1C(=O)[C@@H]2CC=CC[C@H]2C1=O)NCc1nnc2ccccn12. The summed E-state index contributed by atoms with van der Waals surface area (Å²) in [7, 11) is 0. The Hall–Kier alpha value is -3.03. The van der Waals surface area contributed by atoms with Crippen LogP contribution < -0.4 is 5.32 Å². The van der Waals surface area contributed by atoms with Gasteiger partial charge in [-0.2, -0.15) is 0 Å². The number of carbonyl (C=O) groups excluding carboxylic acids is 3. The van der Waals surface area contributed by atoms with E-state index in [4.69, 9.17) is 0 Å². The topological polar surface area (TPSA) is 96.7 Å². The number of likely N-dealkylation sites (tertiary alicyclic amines) is 1. The zero-order chi connectivity index (χ0) is 17.4. The van der Waals surface area contributed by atoms with Gasteiger partial charge in [0.1, 0.15) is 6.54 Å². The lowest BCUT2D eigenvalue weighted by Crippen LogP contribution is -2.41. The Kier molecular flexibility index (Phi) is 3.79. The quantitative estimate of drug-likeness (QED) is 0.638. The van der Waals surface area contributed by atoms with Gasteiger partial charge in [0.15, 0.2) is 11.5 Å². The van der Waals surface area contributed by atoms with Crippen molar-refractivity contribution in [2.45, 2.75) is 19.4 Å². The predicted octanol–water partition coefficient (Wildman–Crippen LogP) is 0.297. The van der Waals surface area contributed by atoms with Gasteiger partial charge in [-0.05, 0) is 25.0 Å². The molecule has 2 aromatic heterocycles. The third-order valence-corrected chi connectivity index (χ3v) is 4.73. The molecule has 128 valence electrons. The van der Waals surface area contributed by atoms with Gasteiger partial charge >= 0.3 is 0 Å². The molecule has 1 aliphatic carbocycles. The van der Waals surface area contributed by atoms with E-state index < -0.39 is 0 Å². The van der Waals surface area contributed by atoms with Crippen LogP contribution in [0.15, 0.2) is 36.5 Å². The van der Waals surface area contributed by atoms with Crippen LogP contribution in [0.3, 0.4) is 0 Å².